The summed E-state index contributed by atoms with van der Waals surface area (Å²) in [5.41, 5.74) is 1.53. The van der Waals surface area contributed by atoms with Gasteiger partial charge < -0.3 is 20.4 Å². The van der Waals surface area contributed by atoms with Gasteiger partial charge in [-0.25, -0.2) is 0 Å². The van der Waals surface area contributed by atoms with Crippen molar-refractivity contribution in [1.29, 1.82) is 0 Å². The minimum atomic E-state index is -0.0390. The molecule has 0 radical (unpaired) electrons. The van der Waals surface area contributed by atoms with Crippen LogP contribution in [0, 0.1) is 5.92 Å². The van der Waals surface area contributed by atoms with Crippen molar-refractivity contribution in [3.63, 3.8) is 0 Å². The summed E-state index contributed by atoms with van der Waals surface area (Å²) in [6.07, 6.45) is 1.96. The molecule has 0 aliphatic carbocycles. The van der Waals surface area contributed by atoms with Crippen LogP contribution in [0.3, 0.4) is 0 Å². The predicted octanol–water partition coefficient (Wildman–Crippen LogP) is 2.68. The summed E-state index contributed by atoms with van der Waals surface area (Å²) >= 11 is 0. The lowest BCUT2D eigenvalue weighted by atomic mass is 10.1. The van der Waals surface area contributed by atoms with Gasteiger partial charge in [0, 0.05) is 16.9 Å². The number of rotatable bonds is 5. The highest BCUT2D eigenvalue weighted by molar-refractivity contribution is 5.99. The zero-order valence-electron chi connectivity index (χ0n) is 13.8. The van der Waals surface area contributed by atoms with E-state index < -0.39 is 0 Å². The molecule has 1 aromatic heterocycles. The van der Waals surface area contributed by atoms with Crippen molar-refractivity contribution in [1.82, 2.24) is 15.6 Å². The van der Waals surface area contributed by atoms with Crippen molar-refractivity contribution in [2.75, 3.05) is 19.7 Å². The molecule has 1 aromatic carbocycles. The molecule has 1 amide bonds. The number of hydrogen-bond acceptors (Lipinski definition) is 3. The molecule has 124 valence electrons. The van der Waals surface area contributed by atoms with Crippen molar-refractivity contribution in [3.05, 3.63) is 30.0 Å². The summed E-state index contributed by atoms with van der Waals surface area (Å²) in [5, 5.41) is 7.38. The number of carbonyl (C=O) groups excluding carboxylic acids is 1. The molecule has 2 heterocycles. The lowest BCUT2D eigenvalue weighted by Crippen LogP contribution is -2.42. The van der Waals surface area contributed by atoms with E-state index in [0.717, 1.165) is 42.6 Å². The van der Waals surface area contributed by atoms with Gasteiger partial charge in [0.2, 0.25) is 0 Å². The highest BCUT2D eigenvalue weighted by Gasteiger charge is 2.18. The molecule has 2 aromatic rings. The standard InChI is InChI=1S/C18H25N3O2/c1-12(2)11-23-17-5-3-4-15-14(17)10-16(21-15)18(22)20-13-6-8-19-9-7-13/h3-5,10,12-13,19,21H,6-9,11H2,1-2H3,(H,20,22). The molecule has 0 atom stereocenters. The van der Waals surface area contributed by atoms with Crippen molar-refractivity contribution in [2.45, 2.75) is 32.7 Å². The quantitative estimate of drug-likeness (QED) is 0.795. The second-order valence-corrected chi connectivity index (χ2v) is 6.60. The van der Waals surface area contributed by atoms with Crippen molar-refractivity contribution < 1.29 is 9.53 Å². The minimum absolute atomic E-state index is 0.0390. The molecule has 1 fully saturated rings. The maximum absolute atomic E-state index is 12.5. The van der Waals surface area contributed by atoms with Crippen LogP contribution in [-0.4, -0.2) is 36.6 Å². The molecule has 3 rings (SSSR count). The first kappa shape index (κ1) is 15.9. The number of benzene rings is 1. The van der Waals surface area contributed by atoms with Gasteiger partial charge in [-0.2, -0.15) is 0 Å². The van der Waals surface area contributed by atoms with Crippen LogP contribution < -0.4 is 15.4 Å². The van der Waals surface area contributed by atoms with E-state index in [4.69, 9.17) is 4.74 Å². The molecule has 5 nitrogen and oxygen atoms in total. The molecule has 23 heavy (non-hydrogen) atoms. The highest BCUT2D eigenvalue weighted by atomic mass is 16.5. The Labute approximate surface area is 136 Å². The Morgan fingerprint density at radius 2 is 2.13 bits per heavy atom. The van der Waals surface area contributed by atoms with Crippen LogP contribution in [0.25, 0.3) is 10.9 Å². The molecule has 5 heteroatoms. The molecule has 3 N–H and O–H groups in total. The normalized spacial score (nSPS) is 16.0. The van der Waals surface area contributed by atoms with Gasteiger partial charge >= 0.3 is 0 Å². The van der Waals surface area contributed by atoms with Crippen LogP contribution in [0.5, 0.6) is 5.75 Å². The Morgan fingerprint density at radius 1 is 1.35 bits per heavy atom. The largest absolute Gasteiger partial charge is 0.493 e. The van der Waals surface area contributed by atoms with Crippen molar-refractivity contribution in [3.8, 4) is 5.75 Å². The first-order valence-corrected chi connectivity index (χ1v) is 8.39. The first-order valence-electron chi connectivity index (χ1n) is 8.39. The summed E-state index contributed by atoms with van der Waals surface area (Å²) in [6, 6.07) is 8.02. The van der Waals surface area contributed by atoms with Gasteiger partial charge in [0.1, 0.15) is 11.4 Å². The Balaban J connectivity index is 1.76. The smallest absolute Gasteiger partial charge is 0.267 e. The van der Waals surface area contributed by atoms with E-state index in [1.54, 1.807) is 0 Å². The average molecular weight is 315 g/mol. The van der Waals surface area contributed by atoms with E-state index >= 15 is 0 Å². The lowest BCUT2D eigenvalue weighted by Gasteiger charge is -2.23. The third-order valence-electron chi connectivity index (χ3n) is 4.12. The molecule has 1 saturated heterocycles. The Kier molecular flexibility index (Phi) is 4.86. The van der Waals surface area contributed by atoms with E-state index in [9.17, 15) is 4.79 Å². The fourth-order valence-electron chi connectivity index (χ4n) is 2.86. The maximum Gasteiger partial charge on any atom is 0.267 e. The molecule has 0 spiro atoms. The fraction of sp³-hybridized carbons (Fsp3) is 0.500. The number of hydrogen-bond donors (Lipinski definition) is 3. The van der Waals surface area contributed by atoms with Crippen LogP contribution in [0.2, 0.25) is 0 Å². The van der Waals surface area contributed by atoms with E-state index in [2.05, 4.69) is 29.5 Å². The van der Waals surface area contributed by atoms with Crippen LogP contribution >= 0.6 is 0 Å². The van der Waals surface area contributed by atoms with E-state index in [-0.39, 0.29) is 11.9 Å². The number of aromatic amines is 1. The molecule has 0 saturated carbocycles. The van der Waals surface area contributed by atoms with Crippen LogP contribution in [0.1, 0.15) is 37.2 Å². The van der Waals surface area contributed by atoms with Gasteiger partial charge in [0.15, 0.2) is 0 Å². The third kappa shape index (κ3) is 3.85. The number of H-pyrrole nitrogens is 1. The lowest BCUT2D eigenvalue weighted by molar-refractivity contribution is 0.0925. The second-order valence-electron chi connectivity index (χ2n) is 6.60. The van der Waals surface area contributed by atoms with Crippen molar-refractivity contribution >= 4 is 16.8 Å². The number of piperidine rings is 1. The maximum atomic E-state index is 12.5. The van der Waals surface area contributed by atoms with Gasteiger partial charge in [-0.15, -0.1) is 0 Å². The highest BCUT2D eigenvalue weighted by Crippen LogP contribution is 2.27. The zero-order valence-corrected chi connectivity index (χ0v) is 13.8. The Hall–Kier alpha value is -2.01. The number of amides is 1. The van der Waals surface area contributed by atoms with Crippen LogP contribution in [0.4, 0.5) is 0 Å². The molecular formula is C18H25N3O2. The SMILES string of the molecule is CC(C)COc1cccc2[nH]c(C(=O)NC3CCNCC3)cc12. The number of fused-ring (bicyclic) bond motifs is 1. The zero-order chi connectivity index (χ0) is 16.2. The topological polar surface area (TPSA) is 66.2 Å². The van der Waals surface area contributed by atoms with Gasteiger partial charge in [0.25, 0.3) is 5.91 Å². The van der Waals surface area contributed by atoms with E-state index in [1.165, 1.54) is 0 Å². The fourth-order valence-corrected chi connectivity index (χ4v) is 2.86. The Morgan fingerprint density at radius 3 is 2.87 bits per heavy atom. The minimum Gasteiger partial charge on any atom is -0.493 e. The van der Waals surface area contributed by atoms with Crippen molar-refractivity contribution in [2.24, 2.45) is 5.92 Å². The first-order chi connectivity index (χ1) is 11.1. The Bertz CT molecular complexity index is 672. The van der Waals surface area contributed by atoms with Gasteiger partial charge in [-0.3, -0.25) is 4.79 Å². The summed E-state index contributed by atoms with van der Waals surface area (Å²) in [7, 11) is 0. The molecule has 1 aliphatic rings. The van der Waals surface area contributed by atoms with Gasteiger partial charge in [-0.1, -0.05) is 19.9 Å². The van der Waals surface area contributed by atoms with Crippen LogP contribution in [-0.2, 0) is 0 Å². The number of carbonyl (C=O) groups is 1. The second kappa shape index (κ2) is 7.04. The number of ether oxygens (including phenoxy) is 1. The monoisotopic (exact) mass is 315 g/mol. The van der Waals surface area contributed by atoms with E-state index in [0.29, 0.717) is 18.2 Å². The van der Waals surface area contributed by atoms with Crippen LogP contribution in [0.15, 0.2) is 24.3 Å². The third-order valence-corrected chi connectivity index (χ3v) is 4.12. The molecule has 1 aliphatic heterocycles. The summed E-state index contributed by atoms with van der Waals surface area (Å²) in [5.74, 6) is 1.25. The summed E-state index contributed by atoms with van der Waals surface area (Å²) < 4.78 is 5.86. The molecular weight excluding hydrogens is 290 g/mol. The van der Waals surface area contributed by atoms with E-state index in [1.807, 2.05) is 24.3 Å². The number of nitrogens with one attached hydrogen (secondary N) is 3. The molecule has 0 unspecified atom stereocenters. The molecule has 0 bridgehead atoms. The number of aromatic nitrogens is 1. The summed E-state index contributed by atoms with van der Waals surface area (Å²) in [4.78, 5) is 15.7. The van der Waals surface area contributed by atoms with Gasteiger partial charge in [-0.05, 0) is 50.0 Å². The predicted molar refractivity (Wildman–Crippen MR) is 92.0 cm³/mol. The average Bonchev–Trinajstić information content (AvgIpc) is 2.98. The van der Waals surface area contributed by atoms with Gasteiger partial charge in [0.05, 0.1) is 6.61 Å². The summed E-state index contributed by atoms with van der Waals surface area (Å²) in [6.45, 7) is 6.83.